The fourth-order valence-electron chi connectivity index (χ4n) is 4.28. The zero-order chi connectivity index (χ0) is 22.9. The lowest BCUT2D eigenvalue weighted by atomic mass is 10.1. The summed E-state index contributed by atoms with van der Waals surface area (Å²) in [5.41, 5.74) is 4.81. The van der Waals surface area contributed by atoms with E-state index in [4.69, 9.17) is 4.74 Å². The first-order valence-corrected chi connectivity index (χ1v) is 11.0. The van der Waals surface area contributed by atoms with Crippen LogP contribution in [0.2, 0.25) is 0 Å². The molecule has 0 fully saturated rings. The van der Waals surface area contributed by atoms with Crippen LogP contribution in [0, 0.1) is 0 Å². The van der Waals surface area contributed by atoms with Gasteiger partial charge in [0.15, 0.2) is 6.10 Å². The van der Waals surface area contributed by atoms with E-state index < -0.39 is 12.1 Å². The van der Waals surface area contributed by atoms with Crippen LogP contribution in [-0.4, -0.2) is 32.5 Å². The number of ether oxygens (including phenoxy) is 1. The standard InChI is InChI=1S/C26H24N4O3/c1-3-24(33-26(32)16-9-11-20-21(13-16)28-15-27-20)25(31)29-17-10-12-23-19(14-17)18-7-5-6-8-22(18)30(23)4-2/h5-15,24H,3-4H2,1-2H3,(H,27,28)(H,29,31). The predicted molar refractivity (Wildman–Crippen MR) is 129 cm³/mol. The number of aromatic amines is 1. The van der Waals surface area contributed by atoms with Gasteiger partial charge in [0.05, 0.1) is 22.9 Å². The van der Waals surface area contributed by atoms with Crippen LogP contribution >= 0.6 is 0 Å². The fourth-order valence-corrected chi connectivity index (χ4v) is 4.28. The third kappa shape index (κ3) is 3.71. The summed E-state index contributed by atoms with van der Waals surface area (Å²) in [6, 6.07) is 19.2. The Morgan fingerprint density at radius 3 is 2.67 bits per heavy atom. The van der Waals surface area contributed by atoms with Gasteiger partial charge in [-0.3, -0.25) is 4.79 Å². The predicted octanol–water partition coefficient (Wildman–Crippen LogP) is 5.26. The number of para-hydroxylation sites is 1. The van der Waals surface area contributed by atoms with E-state index in [1.165, 1.54) is 0 Å². The summed E-state index contributed by atoms with van der Waals surface area (Å²) in [5, 5.41) is 5.13. The Bertz CT molecular complexity index is 1500. The van der Waals surface area contributed by atoms with Crippen LogP contribution in [0.3, 0.4) is 0 Å². The lowest BCUT2D eigenvalue weighted by molar-refractivity contribution is -0.124. The van der Waals surface area contributed by atoms with E-state index in [-0.39, 0.29) is 5.91 Å². The smallest absolute Gasteiger partial charge is 0.338 e. The average molecular weight is 441 g/mol. The molecule has 0 aliphatic carbocycles. The Morgan fingerprint density at radius 1 is 1.03 bits per heavy atom. The van der Waals surface area contributed by atoms with Gasteiger partial charge >= 0.3 is 5.97 Å². The van der Waals surface area contributed by atoms with E-state index in [2.05, 4.69) is 38.9 Å². The lowest BCUT2D eigenvalue weighted by Gasteiger charge is -2.16. The number of H-pyrrole nitrogens is 1. The molecule has 7 nitrogen and oxygen atoms in total. The Balaban J connectivity index is 1.37. The first-order chi connectivity index (χ1) is 16.1. The lowest BCUT2D eigenvalue weighted by Crippen LogP contribution is -2.32. The van der Waals surface area contributed by atoms with Gasteiger partial charge in [0.25, 0.3) is 5.91 Å². The number of aryl methyl sites for hydroxylation is 1. The third-order valence-electron chi connectivity index (χ3n) is 5.92. The first-order valence-electron chi connectivity index (χ1n) is 11.0. The number of fused-ring (bicyclic) bond motifs is 4. The molecule has 3 aromatic carbocycles. The van der Waals surface area contributed by atoms with Crippen LogP contribution in [0.25, 0.3) is 32.8 Å². The molecule has 0 spiro atoms. The third-order valence-corrected chi connectivity index (χ3v) is 5.92. The van der Waals surface area contributed by atoms with Crippen molar-refractivity contribution in [1.82, 2.24) is 14.5 Å². The highest BCUT2D eigenvalue weighted by Crippen LogP contribution is 2.31. The zero-order valence-corrected chi connectivity index (χ0v) is 18.5. The highest BCUT2D eigenvalue weighted by molar-refractivity contribution is 6.10. The quantitative estimate of drug-likeness (QED) is 0.352. The van der Waals surface area contributed by atoms with E-state index in [9.17, 15) is 9.59 Å². The maximum atomic E-state index is 12.9. The molecule has 0 radical (unpaired) electrons. The minimum atomic E-state index is -0.900. The molecule has 5 rings (SSSR count). The van der Waals surface area contributed by atoms with Crippen LogP contribution in [0.5, 0.6) is 0 Å². The maximum Gasteiger partial charge on any atom is 0.338 e. The first kappa shape index (κ1) is 20.8. The number of amides is 1. The minimum absolute atomic E-state index is 0.355. The molecule has 5 aromatic rings. The molecule has 0 saturated heterocycles. The molecule has 0 saturated carbocycles. The highest BCUT2D eigenvalue weighted by Gasteiger charge is 2.23. The van der Waals surface area contributed by atoms with Crippen LogP contribution in [0.1, 0.15) is 30.6 Å². The van der Waals surface area contributed by atoms with Crippen molar-refractivity contribution in [3.05, 3.63) is 72.6 Å². The average Bonchev–Trinajstić information content (AvgIpc) is 3.43. The minimum Gasteiger partial charge on any atom is -0.449 e. The van der Waals surface area contributed by atoms with Crippen molar-refractivity contribution >= 4 is 50.4 Å². The molecule has 0 aliphatic rings. The fraction of sp³-hybridized carbons (Fsp3) is 0.192. The van der Waals surface area contributed by atoms with Crippen molar-refractivity contribution in [1.29, 1.82) is 0 Å². The second-order valence-electron chi connectivity index (χ2n) is 7.92. The van der Waals surface area contributed by atoms with Crippen molar-refractivity contribution in [2.24, 2.45) is 0 Å². The van der Waals surface area contributed by atoms with Gasteiger partial charge in [-0.1, -0.05) is 25.1 Å². The Morgan fingerprint density at radius 2 is 1.85 bits per heavy atom. The topological polar surface area (TPSA) is 89.0 Å². The molecule has 1 unspecified atom stereocenters. The number of anilines is 1. The maximum absolute atomic E-state index is 12.9. The highest BCUT2D eigenvalue weighted by atomic mass is 16.5. The summed E-state index contributed by atoms with van der Waals surface area (Å²) in [6.07, 6.45) is 1.03. The van der Waals surface area contributed by atoms with Crippen LogP contribution in [0.4, 0.5) is 5.69 Å². The molecule has 1 amide bonds. The van der Waals surface area contributed by atoms with Gasteiger partial charge < -0.3 is 19.6 Å². The summed E-state index contributed by atoms with van der Waals surface area (Å²) < 4.78 is 7.79. The number of imidazole rings is 1. The molecule has 0 aliphatic heterocycles. The Hall–Kier alpha value is -4.13. The van der Waals surface area contributed by atoms with E-state index in [1.54, 1.807) is 24.5 Å². The molecule has 7 heteroatoms. The molecule has 0 bridgehead atoms. The molecule has 1 atom stereocenters. The number of hydrogen-bond acceptors (Lipinski definition) is 4. The number of aromatic nitrogens is 3. The largest absolute Gasteiger partial charge is 0.449 e. The molecule has 166 valence electrons. The molecular formula is C26H24N4O3. The van der Waals surface area contributed by atoms with Gasteiger partial charge in [-0.05, 0) is 55.8 Å². The van der Waals surface area contributed by atoms with E-state index in [1.807, 2.05) is 37.3 Å². The van der Waals surface area contributed by atoms with E-state index in [0.29, 0.717) is 17.7 Å². The summed E-state index contributed by atoms with van der Waals surface area (Å²) in [6.45, 7) is 4.79. The number of carbonyl (C=O) groups excluding carboxylic acids is 2. The SMILES string of the molecule is CCC(OC(=O)c1ccc2nc[nH]c2c1)C(=O)Nc1ccc2c(c1)c1ccccc1n2CC. The van der Waals surface area contributed by atoms with Gasteiger partial charge in [-0.2, -0.15) is 0 Å². The number of rotatable bonds is 6. The van der Waals surface area contributed by atoms with Gasteiger partial charge in [-0.15, -0.1) is 0 Å². The number of hydrogen-bond donors (Lipinski definition) is 2. The molecule has 2 aromatic heterocycles. The normalized spacial score (nSPS) is 12.3. The summed E-state index contributed by atoms with van der Waals surface area (Å²) in [7, 11) is 0. The van der Waals surface area contributed by atoms with Crippen LogP contribution in [0.15, 0.2) is 67.0 Å². The monoisotopic (exact) mass is 440 g/mol. The van der Waals surface area contributed by atoms with Gasteiger partial charge in [-0.25, -0.2) is 9.78 Å². The number of carbonyl (C=O) groups is 2. The van der Waals surface area contributed by atoms with E-state index in [0.717, 1.165) is 39.4 Å². The van der Waals surface area contributed by atoms with Crippen molar-refractivity contribution in [3.8, 4) is 0 Å². The zero-order valence-electron chi connectivity index (χ0n) is 18.5. The number of nitrogens with one attached hydrogen (secondary N) is 2. The molecule has 2 N–H and O–H groups in total. The van der Waals surface area contributed by atoms with Gasteiger partial charge in [0, 0.05) is 34.0 Å². The van der Waals surface area contributed by atoms with Crippen molar-refractivity contribution < 1.29 is 14.3 Å². The van der Waals surface area contributed by atoms with Gasteiger partial charge in [0.2, 0.25) is 0 Å². The number of esters is 1. The molecule has 2 heterocycles. The summed E-state index contributed by atoms with van der Waals surface area (Å²) >= 11 is 0. The Kier molecular flexibility index (Phi) is 5.30. The van der Waals surface area contributed by atoms with Gasteiger partial charge in [0.1, 0.15) is 0 Å². The van der Waals surface area contributed by atoms with Crippen molar-refractivity contribution in [2.45, 2.75) is 32.9 Å². The van der Waals surface area contributed by atoms with Crippen molar-refractivity contribution in [2.75, 3.05) is 5.32 Å². The number of benzene rings is 3. The van der Waals surface area contributed by atoms with Crippen LogP contribution < -0.4 is 5.32 Å². The Labute approximate surface area is 190 Å². The number of nitrogens with zero attached hydrogens (tertiary/aromatic N) is 2. The van der Waals surface area contributed by atoms with Crippen LogP contribution in [-0.2, 0) is 16.1 Å². The second-order valence-corrected chi connectivity index (χ2v) is 7.92. The van der Waals surface area contributed by atoms with Crippen molar-refractivity contribution in [3.63, 3.8) is 0 Å². The summed E-state index contributed by atoms with van der Waals surface area (Å²) in [5.74, 6) is -0.901. The summed E-state index contributed by atoms with van der Waals surface area (Å²) in [4.78, 5) is 32.7. The molecular weight excluding hydrogens is 416 g/mol. The molecule has 33 heavy (non-hydrogen) atoms. The van der Waals surface area contributed by atoms with E-state index >= 15 is 0 Å². The second kappa shape index (κ2) is 8.43.